The number of imidazole rings is 1. The minimum atomic E-state index is -0.781. The normalized spacial score (nSPS) is 10.9. The number of fused-ring (bicyclic) bond motifs is 1. The first-order valence-corrected chi connectivity index (χ1v) is 7.44. The van der Waals surface area contributed by atoms with Crippen molar-refractivity contribution in [1.29, 1.82) is 0 Å². The van der Waals surface area contributed by atoms with Crippen molar-refractivity contribution in [2.75, 3.05) is 0 Å². The van der Waals surface area contributed by atoms with Crippen LogP contribution in [-0.2, 0) is 24.1 Å². The lowest BCUT2D eigenvalue weighted by molar-refractivity contribution is -0.136. The van der Waals surface area contributed by atoms with E-state index >= 15 is 0 Å². The molecule has 0 aliphatic carbocycles. The second-order valence-corrected chi connectivity index (χ2v) is 5.38. The molecule has 4 heteroatoms. The monoisotopic (exact) mass is 294 g/mol. The molecule has 112 valence electrons. The number of benzene rings is 2. The Morgan fingerprint density at radius 2 is 1.82 bits per heavy atom. The van der Waals surface area contributed by atoms with E-state index in [2.05, 4.69) is 22.1 Å². The van der Waals surface area contributed by atoms with Crippen LogP contribution in [0.2, 0.25) is 0 Å². The lowest BCUT2D eigenvalue weighted by atomic mass is 10.1. The maximum atomic E-state index is 10.7. The molecule has 2 N–H and O–H groups in total. The molecule has 0 fully saturated rings. The van der Waals surface area contributed by atoms with Gasteiger partial charge in [0.25, 0.3) is 0 Å². The standard InChI is InChI=1S/C18H18N2O2/c21-17(22)12-10-14-7-4-8-15-18(14)20-16(19-15)11-9-13-5-2-1-3-6-13/h1-8H,9-12H2,(H,19,20)(H,21,22). The molecule has 0 saturated heterocycles. The van der Waals surface area contributed by atoms with E-state index in [0.29, 0.717) is 6.42 Å². The molecule has 2 aromatic carbocycles. The van der Waals surface area contributed by atoms with Gasteiger partial charge in [0, 0.05) is 12.8 Å². The number of rotatable bonds is 6. The van der Waals surface area contributed by atoms with Crippen LogP contribution in [-0.4, -0.2) is 21.0 Å². The van der Waals surface area contributed by atoms with Crippen LogP contribution in [0, 0.1) is 0 Å². The van der Waals surface area contributed by atoms with E-state index in [-0.39, 0.29) is 6.42 Å². The highest BCUT2D eigenvalue weighted by molar-refractivity contribution is 5.79. The van der Waals surface area contributed by atoms with Crippen molar-refractivity contribution in [3.8, 4) is 0 Å². The Morgan fingerprint density at radius 1 is 1.00 bits per heavy atom. The number of aromatic nitrogens is 2. The van der Waals surface area contributed by atoms with Crippen LogP contribution in [0.1, 0.15) is 23.4 Å². The zero-order valence-corrected chi connectivity index (χ0v) is 12.2. The van der Waals surface area contributed by atoms with Gasteiger partial charge in [-0.1, -0.05) is 42.5 Å². The van der Waals surface area contributed by atoms with E-state index in [1.807, 2.05) is 36.4 Å². The van der Waals surface area contributed by atoms with Gasteiger partial charge in [-0.05, 0) is 30.0 Å². The predicted octanol–water partition coefficient (Wildman–Crippen LogP) is 3.37. The number of hydrogen-bond acceptors (Lipinski definition) is 2. The van der Waals surface area contributed by atoms with Gasteiger partial charge in [-0.2, -0.15) is 0 Å². The maximum absolute atomic E-state index is 10.7. The highest BCUT2D eigenvalue weighted by atomic mass is 16.4. The van der Waals surface area contributed by atoms with Crippen LogP contribution in [0.3, 0.4) is 0 Å². The summed E-state index contributed by atoms with van der Waals surface area (Å²) in [5.74, 6) is 0.165. The fourth-order valence-corrected chi connectivity index (χ4v) is 2.61. The number of H-pyrrole nitrogens is 1. The summed E-state index contributed by atoms with van der Waals surface area (Å²) in [5.41, 5.74) is 4.15. The van der Waals surface area contributed by atoms with Crippen LogP contribution < -0.4 is 0 Å². The van der Waals surface area contributed by atoms with Crippen LogP contribution in [0.25, 0.3) is 11.0 Å². The van der Waals surface area contributed by atoms with Crippen molar-refractivity contribution < 1.29 is 9.90 Å². The first kappa shape index (κ1) is 14.3. The molecule has 1 heterocycles. The van der Waals surface area contributed by atoms with Gasteiger partial charge < -0.3 is 10.1 Å². The first-order chi connectivity index (χ1) is 10.7. The minimum absolute atomic E-state index is 0.130. The Hall–Kier alpha value is -2.62. The van der Waals surface area contributed by atoms with E-state index in [1.165, 1.54) is 5.56 Å². The molecule has 22 heavy (non-hydrogen) atoms. The summed E-state index contributed by atoms with van der Waals surface area (Å²) < 4.78 is 0. The Morgan fingerprint density at radius 3 is 2.59 bits per heavy atom. The van der Waals surface area contributed by atoms with Crippen molar-refractivity contribution >= 4 is 17.0 Å². The average Bonchev–Trinajstić information content (AvgIpc) is 2.95. The number of hydrogen-bond donors (Lipinski definition) is 2. The topological polar surface area (TPSA) is 66.0 Å². The molecule has 1 aromatic heterocycles. The quantitative estimate of drug-likeness (QED) is 0.732. The summed E-state index contributed by atoms with van der Waals surface area (Å²) in [7, 11) is 0. The molecule has 0 aliphatic rings. The van der Waals surface area contributed by atoms with E-state index in [4.69, 9.17) is 5.11 Å². The summed E-state index contributed by atoms with van der Waals surface area (Å²) in [6, 6.07) is 16.2. The third-order valence-corrected chi connectivity index (χ3v) is 3.75. The number of aliphatic carboxylic acids is 1. The lowest BCUT2D eigenvalue weighted by Gasteiger charge is -1.99. The fourth-order valence-electron chi connectivity index (χ4n) is 2.61. The van der Waals surface area contributed by atoms with E-state index in [1.54, 1.807) is 0 Å². The Labute approximate surface area is 128 Å². The number of aromatic amines is 1. The maximum Gasteiger partial charge on any atom is 0.303 e. The number of para-hydroxylation sites is 1. The SMILES string of the molecule is O=C(O)CCc1cccc2[nH]c(CCc3ccccc3)nc12. The minimum Gasteiger partial charge on any atom is -0.481 e. The molecule has 3 aromatic rings. The van der Waals surface area contributed by atoms with Crippen molar-refractivity contribution in [3.63, 3.8) is 0 Å². The van der Waals surface area contributed by atoms with Crippen LogP contribution in [0.4, 0.5) is 0 Å². The van der Waals surface area contributed by atoms with Crippen molar-refractivity contribution in [1.82, 2.24) is 9.97 Å². The van der Waals surface area contributed by atoms with Gasteiger partial charge in [-0.15, -0.1) is 0 Å². The first-order valence-electron chi connectivity index (χ1n) is 7.44. The highest BCUT2D eigenvalue weighted by Crippen LogP contribution is 2.19. The molecular formula is C18H18N2O2. The summed E-state index contributed by atoms with van der Waals surface area (Å²) >= 11 is 0. The molecule has 0 bridgehead atoms. The van der Waals surface area contributed by atoms with Crippen molar-refractivity contribution in [3.05, 3.63) is 65.5 Å². The predicted molar refractivity (Wildman–Crippen MR) is 85.9 cm³/mol. The van der Waals surface area contributed by atoms with E-state index < -0.39 is 5.97 Å². The molecule has 0 aliphatic heterocycles. The Kier molecular flexibility index (Phi) is 4.19. The fraction of sp³-hybridized carbons (Fsp3) is 0.222. The summed E-state index contributed by atoms with van der Waals surface area (Å²) in [5, 5.41) is 8.83. The largest absolute Gasteiger partial charge is 0.481 e. The molecule has 0 atom stereocenters. The molecule has 4 nitrogen and oxygen atoms in total. The van der Waals surface area contributed by atoms with Gasteiger partial charge in [0.15, 0.2) is 0 Å². The van der Waals surface area contributed by atoms with Gasteiger partial charge in [0.05, 0.1) is 11.0 Å². The zero-order valence-electron chi connectivity index (χ0n) is 12.2. The zero-order chi connectivity index (χ0) is 15.4. The van der Waals surface area contributed by atoms with Gasteiger partial charge in [-0.25, -0.2) is 4.98 Å². The van der Waals surface area contributed by atoms with Gasteiger partial charge in [0.2, 0.25) is 0 Å². The van der Waals surface area contributed by atoms with Crippen molar-refractivity contribution in [2.24, 2.45) is 0 Å². The third-order valence-electron chi connectivity index (χ3n) is 3.75. The molecule has 0 spiro atoms. The lowest BCUT2D eigenvalue weighted by Crippen LogP contribution is -1.98. The van der Waals surface area contributed by atoms with Crippen molar-refractivity contribution in [2.45, 2.75) is 25.7 Å². The van der Waals surface area contributed by atoms with E-state index in [0.717, 1.165) is 35.3 Å². The number of nitrogens with one attached hydrogen (secondary N) is 1. The molecular weight excluding hydrogens is 276 g/mol. The molecule has 0 saturated carbocycles. The summed E-state index contributed by atoms with van der Waals surface area (Å²) in [6.45, 7) is 0. The number of carboxylic acid groups (broad SMARTS) is 1. The van der Waals surface area contributed by atoms with Crippen LogP contribution in [0.5, 0.6) is 0 Å². The Balaban J connectivity index is 1.77. The summed E-state index contributed by atoms with van der Waals surface area (Å²) in [4.78, 5) is 18.7. The van der Waals surface area contributed by atoms with Gasteiger partial charge in [-0.3, -0.25) is 4.79 Å². The molecule has 0 amide bonds. The molecule has 0 unspecified atom stereocenters. The average molecular weight is 294 g/mol. The van der Waals surface area contributed by atoms with Gasteiger partial charge >= 0.3 is 5.97 Å². The molecule has 3 rings (SSSR count). The van der Waals surface area contributed by atoms with Gasteiger partial charge in [0.1, 0.15) is 5.82 Å². The van der Waals surface area contributed by atoms with Crippen LogP contribution in [0.15, 0.2) is 48.5 Å². The molecule has 0 radical (unpaired) electrons. The van der Waals surface area contributed by atoms with Crippen LogP contribution >= 0.6 is 0 Å². The summed E-state index contributed by atoms with van der Waals surface area (Å²) in [6.07, 6.45) is 2.42. The second-order valence-electron chi connectivity index (χ2n) is 5.38. The smallest absolute Gasteiger partial charge is 0.303 e. The second kappa shape index (κ2) is 6.43. The number of carboxylic acids is 1. The number of carbonyl (C=O) groups is 1. The van der Waals surface area contributed by atoms with E-state index in [9.17, 15) is 4.79 Å². The number of nitrogens with zero attached hydrogens (tertiary/aromatic N) is 1. The Bertz CT molecular complexity index is 778. The number of aryl methyl sites for hydroxylation is 3. The highest BCUT2D eigenvalue weighted by Gasteiger charge is 2.09. The third kappa shape index (κ3) is 3.34.